The van der Waals surface area contributed by atoms with Crippen LogP contribution in [0.4, 0.5) is 0 Å². The maximum Gasteiger partial charge on any atom is 0.204 e. The second-order valence-corrected chi connectivity index (χ2v) is 10.4. The molecule has 0 aliphatic heterocycles. The third kappa shape index (κ3) is 5.08. The second-order valence-electron chi connectivity index (χ2n) is 8.19. The fourth-order valence-corrected chi connectivity index (χ4v) is 5.70. The van der Waals surface area contributed by atoms with Gasteiger partial charge in [0.2, 0.25) is 5.78 Å². The number of benzene rings is 3. The number of aryl methyl sites for hydroxylation is 2. The molecule has 0 bridgehead atoms. The molecule has 34 heavy (non-hydrogen) atoms. The number of carbonyl (C=O) groups excluding carboxylic acids is 2. The Balaban J connectivity index is 1.60. The lowest BCUT2D eigenvalue weighted by molar-refractivity contribution is 0.0986. The summed E-state index contributed by atoms with van der Waals surface area (Å²) in [6.45, 7) is 4.24. The van der Waals surface area contributed by atoms with Gasteiger partial charge in [0.25, 0.3) is 0 Å². The number of thioether (sulfide) groups is 1. The molecular weight excluding hydrogens is 464 g/mol. The number of phenolic OH excluding ortho intramolecular Hbond substituents is 2. The number of hydrogen-bond donors (Lipinski definition) is 2. The van der Waals surface area contributed by atoms with Gasteiger partial charge in [-0.25, -0.2) is 0 Å². The molecule has 0 amide bonds. The van der Waals surface area contributed by atoms with E-state index in [0.717, 1.165) is 35.5 Å². The Morgan fingerprint density at radius 2 is 1.26 bits per heavy atom. The lowest BCUT2D eigenvalue weighted by atomic mass is 9.93. The smallest absolute Gasteiger partial charge is 0.204 e. The molecule has 3 aromatic carbocycles. The average molecular weight is 491 g/mol. The van der Waals surface area contributed by atoms with Crippen molar-refractivity contribution in [1.82, 2.24) is 0 Å². The SMILES string of the molecule is CCCc1ccc(SC2=CC(=O)c3c(O)c(Sc4ccc(CCC)cc4)cc(O)c3C2=O)cc1. The molecule has 1 aliphatic carbocycles. The Bertz CT molecular complexity index is 1260. The first-order valence-corrected chi connectivity index (χ1v) is 13.0. The monoisotopic (exact) mass is 490 g/mol. The zero-order chi connectivity index (χ0) is 24.2. The van der Waals surface area contributed by atoms with Crippen molar-refractivity contribution >= 4 is 35.1 Å². The number of aromatic hydroxyl groups is 2. The van der Waals surface area contributed by atoms with E-state index < -0.39 is 11.6 Å². The van der Waals surface area contributed by atoms with Crippen LogP contribution in [-0.2, 0) is 12.8 Å². The van der Waals surface area contributed by atoms with Crippen LogP contribution in [0.2, 0.25) is 0 Å². The molecule has 0 saturated heterocycles. The van der Waals surface area contributed by atoms with Crippen molar-refractivity contribution in [3.8, 4) is 11.5 Å². The number of hydrogen-bond acceptors (Lipinski definition) is 6. The third-order valence-corrected chi connectivity index (χ3v) is 7.65. The van der Waals surface area contributed by atoms with E-state index in [1.54, 1.807) is 0 Å². The lowest BCUT2D eigenvalue weighted by Crippen LogP contribution is -2.16. The molecule has 0 atom stereocenters. The maximum absolute atomic E-state index is 13.2. The van der Waals surface area contributed by atoms with Gasteiger partial charge in [-0.15, -0.1) is 0 Å². The standard InChI is InChI=1S/C28H26O4S2/c1-3-5-17-7-11-19(12-8-17)33-23-15-21(29)26-25(27(23)31)22(30)16-24(28(26)32)34-20-13-9-18(6-4-2)10-14-20/h7-16,29,31H,3-6H2,1-2H3. The van der Waals surface area contributed by atoms with E-state index in [4.69, 9.17) is 0 Å². The van der Waals surface area contributed by atoms with Crippen LogP contribution >= 0.6 is 23.5 Å². The van der Waals surface area contributed by atoms with Crippen molar-refractivity contribution in [2.45, 2.75) is 54.2 Å². The number of rotatable bonds is 8. The molecule has 0 fully saturated rings. The molecule has 174 valence electrons. The topological polar surface area (TPSA) is 74.6 Å². The first-order chi connectivity index (χ1) is 16.4. The number of phenols is 2. The summed E-state index contributed by atoms with van der Waals surface area (Å²) < 4.78 is 0. The van der Waals surface area contributed by atoms with E-state index in [1.165, 1.54) is 46.8 Å². The molecule has 0 radical (unpaired) electrons. The summed E-state index contributed by atoms with van der Waals surface area (Å²) >= 11 is 2.43. The molecule has 0 saturated carbocycles. The van der Waals surface area contributed by atoms with Crippen molar-refractivity contribution in [3.63, 3.8) is 0 Å². The predicted molar refractivity (Wildman–Crippen MR) is 137 cm³/mol. The molecule has 4 nitrogen and oxygen atoms in total. The van der Waals surface area contributed by atoms with E-state index in [9.17, 15) is 19.8 Å². The normalized spacial score (nSPS) is 13.1. The fourth-order valence-electron chi connectivity index (χ4n) is 3.92. The molecule has 0 aromatic heterocycles. The molecule has 3 aromatic rings. The van der Waals surface area contributed by atoms with Gasteiger partial charge in [0.15, 0.2) is 5.78 Å². The zero-order valence-corrected chi connectivity index (χ0v) is 20.8. The highest BCUT2D eigenvalue weighted by Crippen LogP contribution is 2.45. The molecule has 0 heterocycles. The van der Waals surface area contributed by atoms with E-state index in [-0.39, 0.29) is 27.5 Å². The quantitative estimate of drug-likeness (QED) is 0.325. The highest BCUT2D eigenvalue weighted by Gasteiger charge is 2.33. The minimum atomic E-state index is -0.492. The second kappa shape index (κ2) is 10.5. The van der Waals surface area contributed by atoms with Crippen molar-refractivity contribution < 1.29 is 19.8 Å². The van der Waals surface area contributed by atoms with Crippen molar-refractivity contribution in [3.05, 3.63) is 87.8 Å². The van der Waals surface area contributed by atoms with Gasteiger partial charge < -0.3 is 10.2 Å². The Kier molecular flexibility index (Phi) is 7.49. The Hall–Kier alpha value is -2.96. The van der Waals surface area contributed by atoms with Crippen LogP contribution in [0.25, 0.3) is 0 Å². The summed E-state index contributed by atoms with van der Waals surface area (Å²) in [7, 11) is 0. The summed E-state index contributed by atoms with van der Waals surface area (Å²) in [6.07, 6.45) is 5.33. The fraction of sp³-hybridized carbons (Fsp3) is 0.214. The number of Topliss-reactive ketones (excluding diaryl/α,β-unsaturated/α-hetero) is 1. The number of allylic oxidation sites excluding steroid dienone is 2. The largest absolute Gasteiger partial charge is 0.507 e. The third-order valence-electron chi connectivity index (χ3n) is 5.58. The molecule has 6 heteroatoms. The van der Waals surface area contributed by atoms with Crippen molar-refractivity contribution in [2.24, 2.45) is 0 Å². The van der Waals surface area contributed by atoms with Crippen LogP contribution < -0.4 is 0 Å². The maximum atomic E-state index is 13.2. The van der Waals surface area contributed by atoms with E-state index in [1.807, 2.05) is 48.5 Å². The number of carbonyl (C=O) groups is 2. The van der Waals surface area contributed by atoms with Crippen LogP contribution in [0.3, 0.4) is 0 Å². The van der Waals surface area contributed by atoms with Crippen LogP contribution in [0.15, 0.2) is 80.3 Å². The molecule has 1 aliphatic rings. The average Bonchev–Trinajstić information content (AvgIpc) is 2.82. The van der Waals surface area contributed by atoms with Gasteiger partial charge in [-0.2, -0.15) is 0 Å². The van der Waals surface area contributed by atoms with Gasteiger partial charge in [0.1, 0.15) is 11.5 Å². The van der Waals surface area contributed by atoms with Crippen molar-refractivity contribution in [1.29, 1.82) is 0 Å². The molecule has 0 spiro atoms. The lowest BCUT2D eigenvalue weighted by Gasteiger charge is -2.19. The van der Waals surface area contributed by atoms with E-state index in [0.29, 0.717) is 4.90 Å². The minimum Gasteiger partial charge on any atom is -0.507 e. The summed E-state index contributed by atoms with van der Waals surface area (Å²) in [6, 6.07) is 17.2. The molecule has 0 unspecified atom stereocenters. The predicted octanol–water partition coefficient (Wildman–Crippen LogP) is 7.21. The zero-order valence-electron chi connectivity index (χ0n) is 19.1. The van der Waals surface area contributed by atoms with Crippen LogP contribution in [0, 0.1) is 0 Å². The van der Waals surface area contributed by atoms with Gasteiger partial charge in [-0.05, 0) is 54.3 Å². The van der Waals surface area contributed by atoms with Gasteiger partial charge in [-0.1, -0.05) is 74.5 Å². The van der Waals surface area contributed by atoms with Gasteiger partial charge in [-0.3, -0.25) is 9.59 Å². The first-order valence-electron chi connectivity index (χ1n) is 11.3. The Morgan fingerprint density at radius 3 is 1.79 bits per heavy atom. The summed E-state index contributed by atoms with van der Waals surface area (Å²) in [5, 5.41) is 21.6. The summed E-state index contributed by atoms with van der Waals surface area (Å²) in [5.74, 6) is -1.54. The number of fused-ring (bicyclic) bond motifs is 1. The van der Waals surface area contributed by atoms with Crippen molar-refractivity contribution in [2.75, 3.05) is 0 Å². The number of ketones is 2. The van der Waals surface area contributed by atoms with Gasteiger partial charge >= 0.3 is 0 Å². The van der Waals surface area contributed by atoms with Gasteiger partial charge in [0, 0.05) is 15.9 Å². The minimum absolute atomic E-state index is 0.141. The Labute approximate surface area is 208 Å². The van der Waals surface area contributed by atoms with Gasteiger partial charge in [0.05, 0.1) is 20.9 Å². The van der Waals surface area contributed by atoms with Crippen LogP contribution in [0.1, 0.15) is 58.5 Å². The van der Waals surface area contributed by atoms with Crippen LogP contribution in [-0.4, -0.2) is 21.8 Å². The van der Waals surface area contributed by atoms with E-state index >= 15 is 0 Å². The highest BCUT2D eigenvalue weighted by molar-refractivity contribution is 8.04. The van der Waals surface area contributed by atoms with Crippen LogP contribution in [0.5, 0.6) is 11.5 Å². The Morgan fingerprint density at radius 1 is 0.735 bits per heavy atom. The summed E-state index contributed by atoms with van der Waals surface area (Å²) in [4.78, 5) is 28.4. The van der Waals surface area contributed by atoms with E-state index in [2.05, 4.69) is 13.8 Å². The molecule has 4 rings (SSSR count). The molecular formula is C28H26O4S2. The highest BCUT2D eigenvalue weighted by atomic mass is 32.2. The first kappa shape index (κ1) is 24.2. The summed E-state index contributed by atoms with van der Waals surface area (Å²) in [5.41, 5.74) is 2.15. The molecule has 2 N–H and O–H groups in total.